The van der Waals surface area contributed by atoms with Gasteiger partial charge in [0, 0.05) is 6.04 Å². The molecule has 1 fully saturated rings. The number of hydrogen-bond donors (Lipinski definition) is 1. The van der Waals surface area contributed by atoms with Crippen molar-refractivity contribution in [3.8, 4) is 0 Å². The van der Waals surface area contributed by atoms with Crippen LogP contribution < -0.4 is 5.32 Å². The van der Waals surface area contributed by atoms with E-state index in [2.05, 4.69) is 5.32 Å². The van der Waals surface area contributed by atoms with Crippen LogP contribution in [-0.4, -0.2) is 24.9 Å². The zero-order valence-corrected chi connectivity index (χ0v) is 9.33. The van der Waals surface area contributed by atoms with Crippen LogP contribution in [0.1, 0.15) is 26.2 Å². The average molecular weight is 263 g/mol. The van der Waals surface area contributed by atoms with Crippen LogP contribution in [0, 0.1) is 11.8 Å². The highest BCUT2D eigenvalue weighted by molar-refractivity contribution is 4.83. The fourth-order valence-electron chi connectivity index (χ4n) is 2.20. The van der Waals surface area contributed by atoms with Crippen molar-refractivity contribution in [3.05, 3.63) is 0 Å². The molecule has 102 valence electrons. The summed E-state index contributed by atoms with van der Waals surface area (Å²) < 4.78 is 73.5. The Morgan fingerprint density at radius 3 is 2.00 bits per heavy atom. The molecule has 1 nitrogen and oxygen atoms in total. The van der Waals surface area contributed by atoms with Crippen molar-refractivity contribution in [1.29, 1.82) is 0 Å². The predicted octanol–water partition coefficient (Wildman–Crippen LogP) is 3.51. The lowest BCUT2D eigenvalue weighted by atomic mass is 9.91. The van der Waals surface area contributed by atoms with Crippen molar-refractivity contribution >= 4 is 0 Å². The van der Waals surface area contributed by atoms with Crippen LogP contribution >= 0.6 is 0 Å². The largest absolute Gasteiger partial charge is 0.400 e. The number of rotatable bonds is 3. The molecule has 2 unspecified atom stereocenters. The molecular weight excluding hydrogens is 248 g/mol. The van der Waals surface area contributed by atoms with Crippen LogP contribution in [0.5, 0.6) is 0 Å². The van der Waals surface area contributed by atoms with E-state index < -0.39 is 24.7 Å². The summed E-state index contributed by atoms with van der Waals surface area (Å²) in [7, 11) is 0. The van der Waals surface area contributed by atoms with Crippen LogP contribution in [-0.2, 0) is 0 Å². The summed E-state index contributed by atoms with van der Waals surface area (Å²) in [5.41, 5.74) is 0. The Morgan fingerprint density at radius 2 is 1.65 bits per heavy atom. The summed E-state index contributed by atoms with van der Waals surface area (Å²) in [6, 6.07) is -0.00267. The van der Waals surface area contributed by atoms with Crippen molar-refractivity contribution in [1.82, 2.24) is 5.32 Å². The lowest BCUT2D eigenvalue weighted by Gasteiger charge is -2.24. The minimum Gasteiger partial charge on any atom is -0.314 e. The SMILES string of the molecule is CC1NCCC1CCC(C(F)(F)F)C(F)(F)F. The van der Waals surface area contributed by atoms with Gasteiger partial charge in [0.25, 0.3) is 0 Å². The summed E-state index contributed by atoms with van der Waals surface area (Å²) in [6.45, 7) is 2.45. The molecule has 1 aliphatic rings. The quantitative estimate of drug-likeness (QED) is 0.768. The molecule has 1 heterocycles. The van der Waals surface area contributed by atoms with Crippen LogP contribution in [0.2, 0.25) is 0 Å². The fourth-order valence-corrected chi connectivity index (χ4v) is 2.20. The average Bonchev–Trinajstić information content (AvgIpc) is 2.47. The van der Waals surface area contributed by atoms with Crippen LogP contribution in [0.25, 0.3) is 0 Å². The summed E-state index contributed by atoms with van der Waals surface area (Å²) in [6.07, 6.45) is -10.7. The normalized spacial score (nSPS) is 26.8. The van der Waals surface area contributed by atoms with Gasteiger partial charge in [0.05, 0.1) is 0 Å². The van der Waals surface area contributed by atoms with Gasteiger partial charge < -0.3 is 5.32 Å². The van der Waals surface area contributed by atoms with E-state index in [4.69, 9.17) is 0 Å². The van der Waals surface area contributed by atoms with E-state index in [0.717, 1.165) is 0 Å². The maximum Gasteiger partial charge on any atom is 0.400 e. The van der Waals surface area contributed by atoms with Gasteiger partial charge in [-0.15, -0.1) is 0 Å². The predicted molar refractivity (Wildman–Crippen MR) is 50.4 cm³/mol. The number of nitrogens with one attached hydrogen (secondary N) is 1. The van der Waals surface area contributed by atoms with Crippen molar-refractivity contribution in [3.63, 3.8) is 0 Å². The van der Waals surface area contributed by atoms with Crippen molar-refractivity contribution in [2.24, 2.45) is 11.8 Å². The smallest absolute Gasteiger partial charge is 0.314 e. The molecule has 0 radical (unpaired) electrons. The molecule has 0 amide bonds. The van der Waals surface area contributed by atoms with E-state index in [1.807, 2.05) is 0 Å². The lowest BCUT2D eigenvalue weighted by molar-refractivity contribution is -0.286. The van der Waals surface area contributed by atoms with Crippen molar-refractivity contribution < 1.29 is 26.3 Å². The second-order valence-electron chi connectivity index (χ2n) is 4.50. The Kier molecular flexibility index (Phi) is 4.33. The first-order chi connectivity index (χ1) is 7.62. The van der Waals surface area contributed by atoms with Gasteiger partial charge in [0.2, 0.25) is 0 Å². The molecule has 17 heavy (non-hydrogen) atoms. The Morgan fingerprint density at radius 1 is 1.12 bits per heavy atom. The highest BCUT2D eigenvalue weighted by Crippen LogP contribution is 2.43. The monoisotopic (exact) mass is 263 g/mol. The molecule has 1 aliphatic heterocycles. The first kappa shape index (κ1) is 14.6. The van der Waals surface area contributed by atoms with Crippen molar-refractivity contribution in [2.75, 3.05) is 6.54 Å². The van der Waals surface area contributed by atoms with E-state index in [1.54, 1.807) is 6.92 Å². The third kappa shape index (κ3) is 4.04. The summed E-state index contributed by atoms with van der Waals surface area (Å²) in [5, 5.41) is 3.01. The second-order valence-corrected chi connectivity index (χ2v) is 4.50. The van der Waals surface area contributed by atoms with Gasteiger partial charge in [-0.1, -0.05) is 0 Å². The summed E-state index contributed by atoms with van der Waals surface area (Å²) in [4.78, 5) is 0. The van der Waals surface area contributed by atoms with Gasteiger partial charge in [-0.25, -0.2) is 0 Å². The van der Waals surface area contributed by atoms with Gasteiger partial charge in [-0.05, 0) is 38.6 Å². The molecular formula is C10H15F6N. The first-order valence-corrected chi connectivity index (χ1v) is 5.49. The van der Waals surface area contributed by atoms with E-state index in [0.29, 0.717) is 13.0 Å². The lowest BCUT2D eigenvalue weighted by Crippen LogP contribution is -2.37. The zero-order valence-electron chi connectivity index (χ0n) is 9.33. The molecule has 0 bridgehead atoms. The highest BCUT2D eigenvalue weighted by Gasteiger charge is 2.56. The Labute approximate surface area is 95.6 Å². The van der Waals surface area contributed by atoms with Gasteiger partial charge in [0.1, 0.15) is 0 Å². The van der Waals surface area contributed by atoms with E-state index in [1.165, 1.54) is 0 Å². The maximum absolute atomic E-state index is 12.3. The molecule has 0 aliphatic carbocycles. The Hall–Kier alpha value is -0.460. The fraction of sp³-hybridized carbons (Fsp3) is 1.00. The Bertz CT molecular complexity index is 232. The minimum atomic E-state index is -5.20. The molecule has 0 saturated carbocycles. The molecule has 2 atom stereocenters. The minimum absolute atomic E-state index is 0.00267. The molecule has 0 aromatic heterocycles. The molecule has 1 N–H and O–H groups in total. The third-order valence-corrected chi connectivity index (χ3v) is 3.30. The molecule has 1 rings (SSSR count). The van der Waals surface area contributed by atoms with Gasteiger partial charge in [-0.2, -0.15) is 26.3 Å². The van der Waals surface area contributed by atoms with E-state index >= 15 is 0 Å². The summed E-state index contributed by atoms with van der Waals surface area (Å²) >= 11 is 0. The molecule has 0 aromatic rings. The zero-order chi connectivity index (χ0) is 13.3. The van der Waals surface area contributed by atoms with Crippen LogP contribution in [0.15, 0.2) is 0 Å². The standard InChI is InChI=1S/C10H15F6N/c1-6-7(4-5-17-6)2-3-8(9(11,12)13)10(14,15)16/h6-8,17H,2-5H2,1H3. The van der Waals surface area contributed by atoms with Crippen molar-refractivity contribution in [2.45, 2.75) is 44.6 Å². The molecule has 1 saturated heterocycles. The number of halogens is 6. The van der Waals surface area contributed by atoms with Gasteiger partial charge >= 0.3 is 12.4 Å². The van der Waals surface area contributed by atoms with Gasteiger partial charge in [-0.3, -0.25) is 0 Å². The van der Waals surface area contributed by atoms with Crippen LogP contribution in [0.4, 0.5) is 26.3 Å². The van der Waals surface area contributed by atoms with Crippen LogP contribution in [0.3, 0.4) is 0 Å². The number of alkyl halides is 6. The van der Waals surface area contributed by atoms with E-state index in [9.17, 15) is 26.3 Å². The molecule has 0 spiro atoms. The number of hydrogen-bond acceptors (Lipinski definition) is 1. The Balaban J connectivity index is 2.56. The third-order valence-electron chi connectivity index (χ3n) is 3.30. The molecule has 7 heteroatoms. The highest BCUT2D eigenvalue weighted by atomic mass is 19.4. The maximum atomic E-state index is 12.3. The first-order valence-electron chi connectivity index (χ1n) is 5.49. The molecule has 0 aromatic carbocycles. The van der Waals surface area contributed by atoms with Gasteiger partial charge in [0.15, 0.2) is 5.92 Å². The second kappa shape index (κ2) is 5.04. The summed E-state index contributed by atoms with van der Waals surface area (Å²) in [5.74, 6) is -3.29. The topological polar surface area (TPSA) is 12.0 Å². The van der Waals surface area contributed by atoms with E-state index in [-0.39, 0.29) is 18.4 Å².